The molecule has 3 aromatic heterocycles. The van der Waals surface area contributed by atoms with Gasteiger partial charge in [-0.05, 0) is 12.1 Å². The number of hydrogen-bond donors (Lipinski definition) is 1. The Morgan fingerprint density at radius 3 is 3.29 bits per heavy atom. The van der Waals surface area contributed by atoms with E-state index in [2.05, 4.69) is 15.0 Å². The maximum atomic E-state index is 11.5. The lowest BCUT2D eigenvalue weighted by atomic mass is 10.4. The van der Waals surface area contributed by atoms with Crippen LogP contribution in [0.25, 0.3) is 16.7 Å². The summed E-state index contributed by atoms with van der Waals surface area (Å²) in [5.41, 5.74) is 1.81. The first-order chi connectivity index (χ1) is 6.86. The van der Waals surface area contributed by atoms with Crippen molar-refractivity contribution in [3.63, 3.8) is 0 Å². The van der Waals surface area contributed by atoms with E-state index in [9.17, 15) is 4.79 Å². The minimum atomic E-state index is -0.127. The first-order valence-electron chi connectivity index (χ1n) is 4.15. The molecule has 0 aliphatic heterocycles. The molecule has 0 unspecified atom stereocenters. The highest BCUT2D eigenvalue weighted by atomic mass is 16.1. The SMILES string of the molecule is O=c1[nH]c2cncnc2n2cccc12. The van der Waals surface area contributed by atoms with Crippen molar-refractivity contribution in [3.8, 4) is 0 Å². The van der Waals surface area contributed by atoms with Gasteiger partial charge in [0.2, 0.25) is 0 Å². The summed E-state index contributed by atoms with van der Waals surface area (Å²) in [6.07, 6.45) is 4.85. The average molecular weight is 186 g/mol. The summed E-state index contributed by atoms with van der Waals surface area (Å²) in [7, 11) is 0. The topological polar surface area (TPSA) is 63.0 Å². The molecular formula is C9H6N4O. The van der Waals surface area contributed by atoms with Crippen LogP contribution in [-0.2, 0) is 0 Å². The fourth-order valence-corrected chi connectivity index (χ4v) is 1.54. The minimum Gasteiger partial charge on any atom is -0.316 e. The van der Waals surface area contributed by atoms with Crippen LogP contribution < -0.4 is 5.56 Å². The summed E-state index contributed by atoms with van der Waals surface area (Å²) < 4.78 is 1.75. The van der Waals surface area contributed by atoms with Gasteiger partial charge in [-0.15, -0.1) is 0 Å². The maximum Gasteiger partial charge on any atom is 0.272 e. The molecule has 68 valence electrons. The van der Waals surface area contributed by atoms with Crippen LogP contribution in [0.3, 0.4) is 0 Å². The fourth-order valence-electron chi connectivity index (χ4n) is 1.54. The highest BCUT2D eigenvalue weighted by Crippen LogP contribution is 2.07. The van der Waals surface area contributed by atoms with Gasteiger partial charge in [-0.2, -0.15) is 0 Å². The van der Waals surface area contributed by atoms with Gasteiger partial charge in [-0.3, -0.25) is 9.20 Å². The molecule has 3 heterocycles. The number of fused-ring (bicyclic) bond motifs is 3. The van der Waals surface area contributed by atoms with Crippen LogP contribution in [0.2, 0.25) is 0 Å². The molecule has 0 spiro atoms. The Balaban J connectivity index is 2.73. The number of H-pyrrole nitrogens is 1. The molecule has 5 heteroatoms. The molecule has 0 atom stereocenters. The largest absolute Gasteiger partial charge is 0.316 e. The molecule has 0 aliphatic carbocycles. The van der Waals surface area contributed by atoms with E-state index in [-0.39, 0.29) is 5.56 Å². The molecule has 3 aromatic rings. The molecule has 0 bridgehead atoms. The van der Waals surface area contributed by atoms with E-state index in [4.69, 9.17) is 0 Å². The second kappa shape index (κ2) is 2.41. The van der Waals surface area contributed by atoms with Crippen molar-refractivity contribution in [1.29, 1.82) is 0 Å². The Morgan fingerprint density at radius 2 is 2.36 bits per heavy atom. The first-order valence-corrected chi connectivity index (χ1v) is 4.15. The lowest BCUT2D eigenvalue weighted by Crippen LogP contribution is -2.10. The molecule has 0 aromatic carbocycles. The lowest BCUT2D eigenvalue weighted by Gasteiger charge is -1.99. The molecule has 0 aliphatic rings. The number of nitrogens with zero attached hydrogens (tertiary/aromatic N) is 3. The Hall–Kier alpha value is -2.17. The standard InChI is InChI=1S/C9H6N4O/c14-9-7-2-1-3-13(7)8-6(12-9)4-10-5-11-8/h1-5H,(H,12,14). The van der Waals surface area contributed by atoms with Crippen LogP contribution in [0.4, 0.5) is 0 Å². The zero-order valence-electron chi connectivity index (χ0n) is 7.14. The summed E-state index contributed by atoms with van der Waals surface area (Å²) in [6.45, 7) is 0. The molecule has 5 nitrogen and oxygen atoms in total. The number of aromatic amines is 1. The van der Waals surface area contributed by atoms with Crippen molar-refractivity contribution in [2.24, 2.45) is 0 Å². The third-order valence-corrected chi connectivity index (χ3v) is 2.15. The monoisotopic (exact) mass is 186 g/mol. The van der Waals surface area contributed by atoms with E-state index < -0.39 is 0 Å². The van der Waals surface area contributed by atoms with Crippen molar-refractivity contribution < 1.29 is 0 Å². The van der Waals surface area contributed by atoms with Crippen molar-refractivity contribution >= 4 is 16.7 Å². The Morgan fingerprint density at radius 1 is 1.43 bits per heavy atom. The van der Waals surface area contributed by atoms with Crippen LogP contribution in [0, 0.1) is 0 Å². The molecule has 0 saturated heterocycles. The fraction of sp³-hybridized carbons (Fsp3) is 0. The van der Waals surface area contributed by atoms with Gasteiger partial charge in [-0.1, -0.05) is 0 Å². The van der Waals surface area contributed by atoms with Crippen molar-refractivity contribution in [1.82, 2.24) is 19.4 Å². The van der Waals surface area contributed by atoms with E-state index in [1.807, 2.05) is 6.07 Å². The number of rotatable bonds is 0. The molecule has 0 amide bonds. The molecule has 0 saturated carbocycles. The van der Waals surface area contributed by atoms with E-state index >= 15 is 0 Å². The Bertz CT molecular complexity index is 667. The van der Waals surface area contributed by atoms with Gasteiger partial charge in [0.25, 0.3) is 5.56 Å². The van der Waals surface area contributed by atoms with Gasteiger partial charge in [-0.25, -0.2) is 9.97 Å². The van der Waals surface area contributed by atoms with Crippen molar-refractivity contribution in [2.75, 3.05) is 0 Å². The highest BCUT2D eigenvalue weighted by Gasteiger charge is 2.03. The molecule has 14 heavy (non-hydrogen) atoms. The van der Waals surface area contributed by atoms with Gasteiger partial charge >= 0.3 is 0 Å². The predicted octanol–water partition coefficient (Wildman–Crippen LogP) is 0.571. The van der Waals surface area contributed by atoms with Crippen molar-refractivity contribution in [3.05, 3.63) is 41.2 Å². The van der Waals surface area contributed by atoms with Crippen LogP contribution in [0.1, 0.15) is 0 Å². The van der Waals surface area contributed by atoms with Gasteiger partial charge in [0, 0.05) is 6.20 Å². The van der Waals surface area contributed by atoms with Crippen LogP contribution >= 0.6 is 0 Å². The average Bonchev–Trinajstić information content (AvgIpc) is 2.67. The summed E-state index contributed by atoms with van der Waals surface area (Å²) in [6, 6.07) is 3.56. The van der Waals surface area contributed by atoms with Crippen molar-refractivity contribution in [2.45, 2.75) is 0 Å². The predicted molar refractivity (Wildman–Crippen MR) is 51.1 cm³/mol. The summed E-state index contributed by atoms with van der Waals surface area (Å²) in [4.78, 5) is 22.2. The number of aromatic nitrogens is 4. The van der Waals surface area contributed by atoms with Gasteiger partial charge in [0.05, 0.1) is 6.20 Å². The first kappa shape index (κ1) is 7.25. The smallest absolute Gasteiger partial charge is 0.272 e. The van der Waals surface area contributed by atoms with E-state index in [0.717, 1.165) is 0 Å². The van der Waals surface area contributed by atoms with Gasteiger partial charge < -0.3 is 4.98 Å². The zero-order chi connectivity index (χ0) is 9.54. The maximum absolute atomic E-state index is 11.5. The van der Waals surface area contributed by atoms with E-state index in [0.29, 0.717) is 16.7 Å². The minimum absolute atomic E-state index is 0.127. The van der Waals surface area contributed by atoms with Crippen LogP contribution in [-0.4, -0.2) is 19.4 Å². The zero-order valence-corrected chi connectivity index (χ0v) is 7.14. The Labute approximate surface area is 78.1 Å². The quantitative estimate of drug-likeness (QED) is 0.558. The van der Waals surface area contributed by atoms with E-state index in [1.54, 1.807) is 22.9 Å². The summed E-state index contributed by atoms with van der Waals surface area (Å²) in [5.74, 6) is 0. The highest BCUT2D eigenvalue weighted by molar-refractivity contribution is 5.72. The second-order valence-electron chi connectivity index (χ2n) is 2.98. The lowest BCUT2D eigenvalue weighted by molar-refractivity contribution is 1.10. The second-order valence-corrected chi connectivity index (χ2v) is 2.98. The molecule has 0 fully saturated rings. The number of hydrogen-bond acceptors (Lipinski definition) is 3. The molecule has 0 radical (unpaired) electrons. The summed E-state index contributed by atoms with van der Waals surface area (Å²) in [5, 5.41) is 0. The normalized spacial score (nSPS) is 11.1. The Kier molecular flexibility index (Phi) is 1.25. The summed E-state index contributed by atoms with van der Waals surface area (Å²) >= 11 is 0. The van der Waals surface area contributed by atoms with Crippen LogP contribution in [0.5, 0.6) is 0 Å². The van der Waals surface area contributed by atoms with E-state index in [1.165, 1.54) is 6.33 Å². The third-order valence-electron chi connectivity index (χ3n) is 2.15. The molecule has 3 rings (SSSR count). The van der Waals surface area contributed by atoms with Crippen LogP contribution in [0.15, 0.2) is 35.6 Å². The van der Waals surface area contributed by atoms with Gasteiger partial charge in [0.1, 0.15) is 17.4 Å². The van der Waals surface area contributed by atoms with Gasteiger partial charge in [0.15, 0.2) is 5.65 Å². The molecule has 1 N–H and O–H groups in total. The number of nitrogens with one attached hydrogen (secondary N) is 1. The molecular weight excluding hydrogens is 180 g/mol. The third kappa shape index (κ3) is 0.806.